The summed E-state index contributed by atoms with van der Waals surface area (Å²) in [5.41, 5.74) is 8.57. The summed E-state index contributed by atoms with van der Waals surface area (Å²) >= 11 is 0. The summed E-state index contributed by atoms with van der Waals surface area (Å²) in [6.45, 7) is 4.64. The maximum Gasteiger partial charge on any atom is 0.125 e. The molecule has 2 heterocycles. The van der Waals surface area contributed by atoms with Gasteiger partial charge < -0.3 is 10.6 Å². The van der Waals surface area contributed by atoms with Crippen molar-refractivity contribution in [3.8, 4) is 0 Å². The van der Waals surface area contributed by atoms with E-state index in [2.05, 4.69) is 20.9 Å². The number of nitrogen functional groups attached to an aromatic ring is 1. The molecule has 1 fully saturated rings. The first-order valence-electron chi connectivity index (χ1n) is 7.13. The summed E-state index contributed by atoms with van der Waals surface area (Å²) in [6.07, 6.45) is 3.70. The first-order valence-corrected chi connectivity index (χ1v) is 7.13. The maximum atomic E-state index is 13.1. The molecule has 1 aromatic heterocycles. The summed E-state index contributed by atoms with van der Waals surface area (Å²) in [5, 5.41) is 0. The number of hydrogen-bond acceptors (Lipinski definition) is 4. The molecule has 0 amide bonds. The monoisotopic (exact) mass is 286 g/mol. The fraction of sp³-hybridized carbons (Fsp3) is 0.312. The Morgan fingerprint density at radius 2 is 1.95 bits per heavy atom. The van der Waals surface area contributed by atoms with E-state index in [0.29, 0.717) is 5.69 Å². The van der Waals surface area contributed by atoms with Crippen molar-refractivity contribution in [3.05, 3.63) is 54.1 Å². The highest BCUT2D eigenvalue weighted by atomic mass is 19.1. The lowest BCUT2D eigenvalue weighted by atomic mass is 10.2. The van der Waals surface area contributed by atoms with Gasteiger partial charge in [0.2, 0.25) is 0 Å². The average Bonchev–Trinajstić information content (AvgIpc) is 2.49. The van der Waals surface area contributed by atoms with Gasteiger partial charge in [-0.05, 0) is 29.8 Å². The van der Waals surface area contributed by atoms with Gasteiger partial charge in [-0.2, -0.15) is 0 Å². The van der Waals surface area contributed by atoms with Gasteiger partial charge in [0.1, 0.15) is 5.82 Å². The molecule has 0 spiro atoms. The minimum Gasteiger partial charge on any atom is -0.397 e. The number of anilines is 2. The number of nitrogens with two attached hydrogens (primary N) is 1. The second-order valence-corrected chi connectivity index (χ2v) is 5.33. The Morgan fingerprint density at radius 3 is 2.62 bits per heavy atom. The number of pyridine rings is 1. The fourth-order valence-corrected chi connectivity index (χ4v) is 2.71. The number of benzene rings is 1. The zero-order valence-corrected chi connectivity index (χ0v) is 11.9. The third-order valence-corrected chi connectivity index (χ3v) is 3.83. The molecule has 0 radical (unpaired) electrons. The van der Waals surface area contributed by atoms with Crippen LogP contribution in [0.5, 0.6) is 0 Å². The Labute approximate surface area is 124 Å². The summed E-state index contributed by atoms with van der Waals surface area (Å²) in [5.74, 6) is -0.286. The summed E-state index contributed by atoms with van der Waals surface area (Å²) in [4.78, 5) is 8.76. The molecule has 4 nitrogen and oxygen atoms in total. The van der Waals surface area contributed by atoms with Crippen LogP contribution < -0.4 is 10.6 Å². The molecular formula is C16H19FN4. The predicted molar refractivity (Wildman–Crippen MR) is 82.5 cm³/mol. The van der Waals surface area contributed by atoms with Gasteiger partial charge in [-0.1, -0.05) is 6.07 Å². The molecule has 0 aliphatic carbocycles. The van der Waals surface area contributed by atoms with Crippen LogP contribution in [0.15, 0.2) is 42.7 Å². The van der Waals surface area contributed by atoms with E-state index < -0.39 is 0 Å². The van der Waals surface area contributed by atoms with Crippen LogP contribution in [0.4, 0.5) is 15.8 Å². The molecule has 0 atom stereocenters. The number of aromatic nitrogens is 1. The minimum atomic E-state index is -0.286. The highest BCUT2D eigenvalue weighted by Gasteiger charge is 2.18. The van der Waals surface area contributed by atoms with Crippen molar-refractivity contribution in [2.45, 2.75) is 6.54 Å². The van der Waals surface area contributed by atoms with Crippen LogP contribution in [0.1, 0.15) is 5.56 Å². The molecule has 1 aliphatic heterocycles. The third-order valence-electron chi connectivity index (χ3n) is 3.83. The summed E-state index contributed by atoms with van der Waals surface area (Å²) in [6, 6.07) is 8.68. The normalized spacial score (nSPS) is 16.1. The van der Waals surface area contributed by atoms with E-state index in [1.165, 1.54) is 17.7 Å². The number of piperazine rings is 1. The largest absolute Gasteiger partial charge is 0.397 e. The van der Waals surface area contributed by atoms with Crippen LogP contribution in [-0.4, -0.2) is 36.1 Å². The van der Waals surface area contributed by atoms with Gasteiger partial charge in [0.05, 0.1) is 11.4 Å². The van der Waals surface area contributed by atoms with E-state index in [0.717, 1.165) is 38.4 Å². The number of nitrogens with zero attached hydrogens (tertiary/aromatic N) is 3. The molecule has 21 heavy (non-hydrogen) atoms. The first-order chi connectivity index (χ1) is 10.2. The molecule has 1 saturated heterocycles. The van der Waals surface area contributed by atoms with Crippen LogP contribution in [0.3, 0.4) is 0 Å². The van der Waals surface area contributed by atoms with Gasteiger partial charge in [-0.15, -0.1) is 0 Å². The van der Waals surface area contributed by atoms with Crippen molar-refractivity contribution in [2.75, 3.05) is 36.8 Å². The van der Waals surface area contributed by atoms with Crippen molar-refractivity contribution in [2.24, 2.45) is 0 Å². The van der Waals surface area contributed by atoms with Crippen LogP contribution in [0, 0.1) is 5.82 Å². The van der Waals surface area contributed by atoms with Crippen molar-refractivity contribution >= 4 is 11.4 Å². The third kappa shape index (κ3) is 3.31. The molecule has 110 valence electrons. The Bertz CT molecular complexity index is 594. The van der Waals surface area contributed by atoms with Gasteiger partial charge in [0, 0.05) is 45.1 Å². The van der Waals surface area contributed by atoms with Gasteiger partial charge in [-0.25, -0.2) is 4.39 Å². The minimum absolute atomic E-state index is 0.286. The summed E-state index contributed by atoms with van der Waals surface area (Å²) < 4.78 is 13.1. The number of rotatable bonds is 3. The lowest BCUT2D eigenvalue weighted by Gasteiger charge is -2.36. The van der Waals surface area contributed by atoms with E-state index in [-0.39, 0.29) is 5.82 Å². The van der Waals surface area contributed by atoms with Gasteiger partial charge in [0.15, 0.2) is 0 Å². The second kappa shape index (κ2) is 6.10. The fourth-order valence-electron chi connectivity index (χ4n) is 2.71. The molecule has 3 rings (SSSR count). The maximum absolute atomic E-state index is 13.1. The smallest absolute Gasteiger partial charge is 0.125 e. The van der Waals surface area contributed by atoms with Crippen molar-refractivity contribution in [1.29, 1.82) is 0 Å². The average molecular weight is 286 g/mol. The molecule has 0 saturated carbocycles. The highest BCUT2D eigenvalue weighted by molar-refractivity contribution is 5.67. The zero-order valence-electron chi connectivity index (χ0n) is 11.9. The predicted octanol–water partition coefficient (Wildman–Crippen LogP) is 2.13. The Balaban J connectivity index is 1.60. The number of hydrogen-bond donors (Lipinski definition) is 1. The van der Waals surface area contributed by atoms with E-state index >= 15 is 0 Å². The molecule has 0 bridgehead atoms. The van der Waals surface area contributed by atoms with Gasteiger partial charge >= 0.3 is 0 Å². The standard InChI is InChI=1S/C16H19FN4/c17-14-3-4-16(15(18)10-14)21-8-6-20(7-9-21)12-13-2-1-5-19-11-13/h1-5,10-11H,6-9,12,18H2. The SMILES string of the molecule is Nc1cc(F)ccc1N1CCN(Cc2cccnc2)CC1. The first kappa shape index (κ1) is 13.8. The lowest BCUT2D eigenvalue weighted by Crippen LogP contribution is -2.46. The lowest BCUT2D eigenvalue weighted by molar-refractivity contribution is 0.249. The Kier molecular flexibility index (Phi) is 4.01. The van der Waals surface area contributed by atoms with E-state index in [1.54, 1.807) is 12.3 Å². The van der Waals surface area contributed by atoms with E-state index in [1.807, 2.05) is 12.3 Å². The van der Waals surface area contributed by atoms with Crippen LogP contribution >= 0.6 is 0 Å². The molecule has 2 aromatic rings. The quantitative estimate of drug-likeness (QED) is 0.878. The summed E-state index contributed by atoms with van der Waals surface area (Å²) in [7, 11) is 0. The van der Waals surface area contributed by atoms with Crippen LogP contribution in [-0.2, 0) is 6.54 Å². The number of halogens is 1. The Morgan fingerprint density at radius 1 is 1.14 bits per heavy atom. The van der Waals surface area contributed by atoms with E-state index in [9.17, 15) is 4.39 Å². The molecule has 0 unspecified atom stereocenters. The molecule has 1 aliphatic rings. The zero-order chi connectivity index (χ0) is 14.7. The highest BCUT2D eigenvalue weighted by Crippen LogP contribution is 2.25. The van der Waals surface area contributed by atoms with Gasteiger partial charge in [-0.3, -0.25) is 9.88 Å². The molecule has 1 aromatic carbocycles. The molecule has 2 N–H and O–H groups in total. The van der Waals surface area contributed by atoms with Crippen molar-refractivity contribution < 1.29 is 4.39 Å². The van der Waals surface area contributed by atoms with Crippen molar-refractivity contribution in [3.63, 3.8) is 0 Å². The molecule has 5 heteroatoms. The second-order valence-electron chi connectivity index (χ2n) is 5.33. The van der Waals surface area contributed by atoms with Crippen LogP contribution in [0.25, 0.3) is 0 Å². The van der Waals surface area contributed by atoms with Crippen molar-refractivity contribution in [1.82, 2.24) is 9.88 Å². The van der Waals surface area contributed by atoms with Gasteiger partial charge in [0.25, 0.3) is 0 Å². The van der Waals surface area contributed by atoms with E-state index in [4.69, 9.17) is 5.73 Å². The Hall–Kier alpha value is -2.14. The molecular weight excluding hydrogens is 267 g/mol. The topological polar surface area (TPSA) is 45.4 Å². The van der Waals surface area contributed by atoms with Crippen LogP contribution in [0.2, 0.25) is 0 Å².